The van der Waals surface area contributed by atoms with Crippen LogP contribution in [0.5, 0.6) is 0 Å². The van der Waals surface area contributed by atoms with Crippen molar-refractivity contribution in [3.8, 4) is 11.3 Å². The predicted molar refractivity (Wildman–Crippen MR) is 147 cm³/mol. The second kappa shape index (κ2) is 12.2. The number of nitro groups is 1. The van der Waals surface area contributed by atoms with Gasteiger partial charge in [0.1, 0.15) is 17.7 Å². The molecule has 0 radical (unpaired) electrons. The van der Waals surface area contributed by atoms with Crippen LogP contribution in [0.4, 0.5) is 23.1 Å². The topological polar surface area (TPSA) is 172 Å². The lowest BCUT2D eigenvalue weighted by atomic mass is 10.1. The fourth-order valence-corrected chi connectivity index (χ4v) is 3.89. The first-order valence-corrected chi connectivity index (χ1v) is 12.0. The molecule has 0 fully saturated rings. The molecule has 4 aromatic rings. The number of aromatic nitrogens is 3. The van der Waals surface area contributed by atoms with Crippen LogP contribution in [-0.2, 0) is 0 Å². The molecule has 4 N–H and O–H groups in total. The lowest BCUT2D eigenvalue weighted by molar-refractivity contribution is -0.385. The highest BCUT2D eigenvalue weighted by Crippen LogP contribution is 2.34. The van der Waals surface area contributed by atoms with E-state index in [1.807, 2.05) is 0 Å². The van der Waals surface area contributed by atoms with Crippen molar-refractivity contribution < 1.29 is 19.6 Å². The molecular weight excluding hydrogens is 549 g/mol. The molecule has 0 saturated heterocycles. The van der Waals surface area contributed by atoms with Crippen LogP contribution in [0.2, 0.25) is 10.0 Å². The van der Waals surface area contributed by atoms with E-state index >= 15 is 0 Å². The van der Waals surface area contributed by atoms with Crippen LogP contribution >= 0.6 is 23.2 Å². The number of nitrogens with zero attached hydrogens (tertiary/aromatic N) is 4. The molecule has 198 valence electrons. The van der Waals surface area contributed by atoms with E-state index in [2.05, 4.69) is 30.9 Å². The van der Waals surface area contributed by atoms with Gasteiger partial charge < -0.3 is 21.1 Å². The summed E-state index contributed by atoms with van der Waals surface area (Å²) in [6.45, 7) is 0.754. The van der Waals surface area contributed by atoms with Crippen molar-refractivity contribution in [3.05, 3.63) is 98.3 Å². The number of pyridine rings is 1. The Labute approximate surface area is 231 Å². The van der Waals surface area contributed by atoms with Crippen molar-refractivity contribution >= 4 is 58.2 Å². The van der Waals surface area contributed by atoms with Gasteiger partial charge in [0, 0.05) is 35.3 Å². The number of rotatable bonds is 10. The predicted octanol–water partition coefficient (Wildman–Crippen LogP) is 5.23. The third-order valence-electron chi connectivity index (χ3n) is 5.27. The summed E-state index contributed by atoms with van der Waals surface area (Å²) in [6, 6.07) is 13.3. The van der Waals surface area contributed by atoms with E-state index in [0.29, 0.717) is 40.2 Å². The number of carboxylic acid groups (broad SMARTS) is 1. The molecule has 14 heteroatoms. The molecule has 0 atom stereocenters. The summed E-state index contributed by atoms with van der Waals surface area (Å²) in [4.78, 5) is 47.2. The molecule has 1 amide bonds. The smallest absolute Gasteiger partial charge is 0.335 e. The van der Waals surface area contributed by atoms with Crippen LogP contribution in [-0.4, -0.2) is 49.9 Å². The Morgan fingerprint density at radius 1 is 0.949 bits per heavy atom. The van der Waals surface area contributed by atoms with E-state index in [1.165, 1.54) is 48.7 Å². The lowest BCUT2D eigenvalue weighted by Gasteiger charge is -2.14. The maximum Gasteiger partial charge on any atom is 0.335 e. The molecule has 0 spiro atoms. The highest BCUT2D eigenvalue weighted by atomic mass is 35.5. The van der Waals surface area contributed by atoms with Gasteiger partial charge in [-0.25, -0.2) is 19.7 Å². The van der Waals surface area contributed by atoms with Gasteiger partial charge >= 0.3 is 5.97 Å². The van der Waals surface area contributed by atoms with Gasteiger partial charge in [-0.05, 0) is 42.5 Å². The van der Waals surface area contributed by atoms with Crippen molar-refractivity contribution in [2.45, 2.75) is 0 Å². The zero-order valence-electron chi connectivity index (χ0n) is 19.9. The van der Waals surface area contributed by atoms with Gasteiger partial charge in [0.2, 0.25) is 5.95 Å². The molecule has 12 nitrogen and oxygen atoms in total. The van der Waals surface area contributed by atoms with E-state index < -0.39 is 16.8 Å². The number of amides is 1. The first-order valence-electron chi connectivity index (χ1n) is 11.3. The van der Waals surface area contributed by atoms with Gasteiger partial charge in [-0.3, -0.25) is 14.9 Å². The van der Waals surface area contributed by atoms with Gasteiger partial charge in [-0.2, -0.15) is 0 Å². The highest BCUT2D eigenvalue weighted by molar-refractivity contribution is 6.36. The Kier molecular flexibility index (Phi) is 8.49. The van der Waals surface area contributed by atoms with E-state index in [-0.39, 0.29) is 28.5 Å². The molecule has 0 aliphatic rings. The van der Waals surface area contributed by atoms with Crippen molar-refractivity contribution in [2.75, 3.05) is 29.0 Å². The number of carbonyl (C=O) groups is 2. The third-order valence-corrected chi connectivity index (χ3v) is 5.82. The lowest BCUT2D eigenvalue weighted by Crippen LogP contribution is -2.17. The summed E-state index contributed by atoms with van der Waals surface area (Å²) in [5.41, 5.74) is 1.02. The minimum atomic E-state index is -1.16. The van der Waals surface area contributed by atoms with Crippen molar-refractivity contribution in [1.29, 1.82) is 0 Å². The van der Waals surface area contributed by atoms with Gasteiger partial charge in [0.25, 0.3) is 11.6 Å². The molecule has 39 heavy (non-hydrogen) atoms. The normalized spacial score (nSPS) is 10.5. The van der Waals surface area contributed by atoms with Crippen LogP contribution in [0.25, 0.3) is 11.3 Å². The number of carboxylic acids is 1. The van der Waals surface area contributed by atoms with Crippen LogP contribution in [0, 0.1) is 10.1 Å². The first-order chi connectivity index (χ1) is 18.7. The Balaban J connectivity index is 1.52. The number of carbonyl (C=O) groups excluding carboxylic acids is 1. The number of halogens is 2. The summed E-state index contributed by atoms with van der Waals surface area (Å²) in [5.74, 6) is -1.02. The largest absolute Gasteiger partial charge is 0.478 e. The molecule has 0 aliphatic heterocycles. The average Bonchev–Trinajstić information content (AvgIpc) is 2.92. The van der Waals surface area contributed by atoms with E-state index in [9.17, 15) is 24.8 Å². The van der Waals surface area contributed by atoms with E-state index in [0.717, 1.165) is 6.20 Å². The Morgan fingerprint density at radius 2 is 1.72 bits per heavy atom. The monoisotopic (exact) mass is 567 g/mol. The van der Waals surface area contributed by atoms with E-state index in [4.69, 9.17) is 23.2 Å². The number of hydrogen-bond donors (Lipinski definition) is 4. The average molecular weight is 568 g/mol. The first kappa shape index (κ1) is 27.2. The zero-order valence-corrected chi connectivity index (χ0v) is 21.4. The Hall–Kier alpha value is -4.81. The second-order valence-corrected chi connectivity index (χ2v) is 8.78. The third kappa shape index (κ3) is 6.94. The molecule has 0 bridgehead atoms. The highest BCUT2D eigenvalue weighted by Gasteiger charge is 2.17. The number of aromatic carboxylic acids is 1. The van der Waals surface area contributed by atoms with E-state index in [1.54, 1.807) is 12.1 Å². The van der Waals surface area contributed by atoms with Crippen LogP contribution in [0.15, 0.2) is 67.0 Å². The number of benzene rings is 2. The summed E-state index contributed by atoms with van der Waals surface area (Å²) in [5, 5.41) is 29.5. The minimum Gasteiger partial charge on any atom is -0.478 e. The standard InChI is InChI=1S/C25H19Cl2N7O5/c26-16-4-6-18(19(27)11-16)22-20(32-23(35)14-2-1-3-15(10-14)24(36)37)13-31-25(33-22)29-9-8-28-21-7-5-17(12-30-21)34(38)39/h1-7,10-13H,8-9H2,(H,28,30)(H,32,35)(H,36,37)(H,29,31,33). The maximum atomic E-state index is 12.9. The molecule has 0 unspecified atom stereocenters. The number of hydrogen-bond acceptors (Lipinski definition) is 9. The summed E-state index contributed by atoms with van der Waals surface area (Å²) >= 11 is 12.5. The van der Waals surface area contributed by atoms with Gasteiger partial charge in [0.15, 0.2) is 0 Å². The SMILES string of the molecule is O=C(O)c1cccc(C(=O)Nc2cnc(NCCNc3ccc([N+](=O)[O-])cn3)nc2-c2ccc(Cl)cc2Cl)c1. The molecule has 2 aromatic carbocycles. The summed E-state index contributed by atoms with van der Waals surface area (Å²) in [7, 11) is 0. The second-order valence-electron chi connectivity index (χ2n) is 7.93. The molecular formula is C25H19Cl2N7O5. The molecule has 2 aromatic heterocycles. The molecule has 0 aliphatic carbocycles. The van der Waals surface area contributed by atoms with Crippen molar-refractivity contribution in [2.24, 2.45) is 0 Å². The fraction of sp³-hybridized carbons (Fsp3) is 0.0800. The number of nitrogens with one attached hydrogen (secondary N) is 3. The zero-order chi connectivity index (χ0) is 27.9. The molecule has 4 rings (SSSR count). The Morgan fingerprint density at radius 3 is 2.41 bits per heavy atom. The van der Waals surface area contributed by atoms with Gasteiger partial charge in [-0.15, -0.1) is 0 Å². The number of anilines is 3. The molecule has 2 heterocycles. The van der Waals surface area contributed by atoms with Crippen LogP contribution in [0.3, 0.4) is 0 Å². The van der Waals surface area contributed by atoms with Crippen molar-refractivity contribution in [1.82, 2.24) is 15.0 Å². The minimum absolute atomic E-state index is 0.0306. The maximum absolute atomic E-state index is 12.9. The van der Waals surface area contributed by atoms with Crippen LogP contribution in [0.1, 0.15) is 20.7 Å². The van der Waals surface area contributed by atoms with Crippen molar-refractivity contribution in [3.63, 3.8) is 0 Å². The van der Waals surface area contributed by atoms with Gasteiger partial charge in [0.05, 0.1) is 27.4 Å². The summed E-state index contributed by atoms with van der Waals surface area (Å²) in [6.07, 6.45) is 2.56. The summed E-state index contributed by atoms with van der Waals surface area (Å²) < 4.78 is 0. The van der Waals surface area contributed by atoms with Gasteiger partial charge in [-0.1, -0.05) is 29.3 Å². The quantitative estimate of drug-likeness (QED) is 0.113. The molecule has 0 saturated carbocycles. The fourth-order valence-electron chi connectivity index (χ4n) is 3.40. The Bertz CT molecular complexity index is 1550. The van der Waals surface area contributed by atoms with Crippen LogP contribution < -0.4 is 16.0 Å².